The topological polar surface area (TPSA) is 61.6 Å². The number of carbonyl (C=O) groups excluding carboxylic acids is 1. The maximum Gasteiger partial charge on any atom is 0.263 e. The van der Waals surface area contributed by atoms with Gasteiger partial charge in [-0.1, -0.05) is 78.9 Å². The molecule has 1 fully saturated rings. The van der Waals surface area contributed by atoms with Crippen LogP contribution in [0.1, 0.15) is 27.6 Å². The van der Waals surface area contributed by atoms with Crippen LogP contribution < -0.4 is 4.90 Å². The summed E-state index contributed by atoms with van der Waals surface area (Å²) in [6.07, 6.45) is -0.486. The molecular weight excluding hydrogens is 482 g/mol. The number of para-hydroxylation sites is 1. The molecule has 0 aliphatic carbocycles. The third kappa shape index (κ3) is 3.19. The van der Waals surface area contributed by atoms with Gasteiger partial charge in [-0.05, 0) is 47.5 Å². The van der Waals surface area contributed by atoms with Crippen LogP contribution in [0.2, 0.25) is 0 Å². The molecule has 0 N–H and O–H groups in total. The number of epoxide rings is 1. The summed E-state index contributed by atoms with van der Waals surface area (Å²) in [5, 5.41) is 11.7. The van der Waals surface area contributed by atoms with Crippen molar-refractivity contribution in [3.8, 4) is 22.9 Å². The Morgan fingerprint density at radius 3 is 2.28 bits per heavy atom. The first-order valence-corrected chi connectivity index (χ1v) is 12.9. The first-order valence-electron chi connectivity index (χ1n) is 12.9. The van der Waals surface area contributed by atoms with Crippen LogP contribution in [-0.2, 0) is 4.74 Å². The molecule has 0 spiro atoms. The van der Waals surface area contributed by atoms with Crippen LogP contribution in [0.3, 0.4) is 0 Å². The smallest absolute Gasteiger partial charge is 0.263 e. The SMILES string of the molecule is N#Cc1ccc2c3ccccc3n(-c3cccc4c3C(=O)N(c3ccc(-c5ccccc5)cc3)C3OC43)c2c1. The molecule has 2 aliphatic heterocycles. The van der Waals surface area contributed by atoms with Gasteiger partial charge in [0.25, 0.3) is 5.91 Å². The summed E-state index contributed by atoms with van der Waals surface area (Å²) in [5.74, 6) is -0.0887. The van der Waals surface area contributed by atoms with Gasteiger partial charge < -0.3 is 9.30 Å². The van der Waals surface area contributed by atoms with E-state index in [1.807, 2.05) is 91.0 Å². The van der Waals surface area contributed by atoms with Gasteiger partial charge in [-0.15, -0.1) is 0 Å². The zero-order valence-electron chi connectivity index (χ0n) is 20.8. The van der Waals surface area contributed by atoms with Gasteiger partial charge in [0, 0.05) is 22.0 Å². The standard InChI is InChI=1S/C34H21N3O2/c35-20-21-13-18-26-25-9-4-5-11-28(25)37(30(26)19-21)29-12-6-10-27-31(29)33(38)36(34-32(27)39-34)24-16-14-23(15-17-24)22-7-2-1-3-8-22/h1-19,32,34H. The lowest BCUT2D eigenvalue weighted by atomic mass is 9.96. The Morgan fingerprint density at radius 1 is 0.718 bits per heavy atom. The first-order chi connectivity index (χ1) is 19.2. The summed E-state index contributed by atoms with van der Waals surface area (Å²) in [6.45, 7) is 0. The van der Waals surface area contributed by atoms with Gasteiger partial charge in [0.05, 0.1) is 33.9 Å². The number of anilines is 1. The van der Waals surface area contributed by atoms with Gasteiger partial charge in [0.1, 0.15) is 6.10 Å². The van der Waals surface area contributed by atoms with Crippen LogP contribution in [-0.4, -0.2) is 16.7 Å². The molecule has 8 rings (SSSR count). The minimum absolute atomic E-state index is 0.0887. The fourth-order valence-corrected chi connectivity index (χ4v) is 5.99. The summed E-state index contributed by atoms with van der Waals surface area (Å²) in [4.78, 5) is 16.1. The minimum atomic E-state index is -0.314. The van der Waals surface area contributed by atoms with Gasteiger partial charge >= 0.3 is 0 Å². The number of carbonyl (C=O) groups is 1. The predicted octanol–water partition coefficient (Wildman–Crippen LogP) is 7.38. The molecule has 5 nitrogen and oxygen atoms in total. The zero-order chi connectivity index (χ0) is 26.1. The Bertz CT molecular complexity index is 1980. The molecule has 39 heavy (non-hydrogen) atoms. The molecule has 5 aromatic carbocycles. The molecule has 2 unspecified atom stereocenters. The van der Waals surface area contributed by atoms with Crippen LogP contribution in [0.25, 0.3) is 38.6 Å². The van der Waals surface area contributed by atoms with Gasteiger partial charge in [-0.3, -0.25) is 9.69 Å². The molecule has 5 heteroatoms. The lowest BCUT2D eigenvalue weighted by Crippen LogP contribution is -2.38. The molecular formula is C34H21N3O2. The fourth-order valence-electron chi connectivity index (χ4n) is 5.99. The normalized spacial score (nSPS) is 17.6. The molecule has 1 amide bonds. The molecule has 2 atom stereocenters. The molecule has 0 radical (unpaired) electrons. The Labute approximate surface area is 224 Å². The second-order valence-electron chi connectivity index (χ2n) is 9.97. The quantitative estimate of drug-likeness (QED) is 0.237. The number of amides is 1. The number of nitriles is 1. The maximum atomic E-state index is 14.3. The zero-order valence-corrected chi connectivity index (χ0v) is 20.8. The highest BCUT2D eigenvalue weighted by atomic mass is 16.6. The number of benzene rings is 5. The van der Waals surface area contributed by atoms with E-state index in [2.05, 4.69) is 34.9 Å². The average molecular weight is 504 g/mol. The van der Waals surface area contributed by atoms with Crippen molar-refractivity contribution in [3.63, 3.8) is 0 Å². The van der Waals surface area contributed by atoms with E-state index in [1.54, 1.807) is 4.90 Å². The highest BCUT2D eigenvalue weighted by Crippen LogP contribution is 2.50. The molecule has 2 aliphatic rings. The highest BCUT2D eigenvalue weighted by molar-refractivity contribution is 6.14. The van der Waals surface area contributed by atoms with Crippen LogP contribution in [0.4, 0.5) is 5.69 Å². The summed E-state index contributed by atoms with van der Waals surface area (Å²) in [6, 6.07) is 40.4. The van der Waals surface area contributed by atoms with Crippen molar-refractivity contribution < 1.29 is 9.53 Å². The number of rotatable bonds is 3. The Kier molecular flexibility index (Phi) is 4.57. The number of nitrogens with zero attached hydrogens (tertiary/aromatic N) is 3. The molecule has 1 aromatic heterocycles. The third-order valence-electron chi connectivity index (χ3n) is 7.83. The van der Waals surface area contributed by atoms with Crippen LogP contribution in [0.15, 0.2) is 115 Å². The highest BCUT2D eigenvalue weighted by Gasteiger charge is 2.54. The van der Waals surface area contributed by atoms with Crippen LogP contribution >= 0.6 is 0 Å². The number of fused-ring (bicyclic) bond motifs is 6. The molecule has 0 bridgehead atoms. The number of hydrogen-bond acceptors (Lipinski definition) is 3. The summed E-state index contributed by atoms with van der Waals surface area (Å²) in [7, 11) is 0. The number of aromatic nitrogens is 1. The molecule has 3 heterocycles. The third-order valence-corrected chi connectivity index (χ3v) is 7.83. The van der Waals surface area contributed by atoms with Gasteiger partial charge in [0.2, 0.25) is 0 Å². The summed E-state index contributed by atoms with van der Waals surface area (Å²) in [5.41, 5.74) is 7.82. The van der Waals surface area contributed by atoms with Crippen molar-refractivity contribution in [3.05, 3.63) is 132 Å². The molecule has 1 saturated heterocycles. The number of ether oxygens (including phenoxy) is 1. The van der Waals surface area contributed by atoms with E-state index in [-0.39, 0.29) is 18.2 Å². The molecule has 6 aromatic rings. The average Bonchev–Trinajstić information content (AvgIpc) is 3.72. The van der Waals surface area contributed by atoms with E-state index < -0.39 is 0 Å². The second-order valence-corrected chi connectivity index (χ2v) is 9.97. The van der Waals surface area contributed by atoms with Crippen LogP contribution in [0.5, 0.6) is 0 Å². The van der Waals surface area contributed by atoms with E-state index in [4.69, 9.17) is 4.74 Å². The van der Waals surface area contributed by atoms with Gasteiger partial charge in [-0.25, -0.2) is 0 Å². The van der Waals surface area contributed by atoms with E-state index in [1.165, 1.54) is 0 Å². The van der Waals surface area contributed by atoms with Crippen molar-refractivity contribution in [2.24, 2.45) is 0 Å². The second kappa shape index (κ2) is 8.16. The minimum Gasteiger partial charge on any atom is -0.342 e. The lowest BCUT2D eigenvalue weighted by molar-refractivity contribution is 0.0974. The summed E-state index contributed by atoms with van der Waals surface area (Å²) >= 11 is 0. The van der Waals surface area contributed by atoms with Crippen molar-refractivity contribution >= 4 is 33.4 Å². The van der Waals surface area contributed by atoms with E-state index in [9.17, 15) is 10.1 Å². The maximum absolute atomic E-state index is 14.3. The van der Waals surface area contributed by atoms with Crippen molar-refractivity contribution in [2.45, 2.75) is 12.3 Å². The van der Waals surface area contributed by atoms with Gasteiger partial charge in [-0.2, -0.15) is 5.26 Å². The first kappa shape index (κ1) is 21.9. The predicted molar refractivity (Wildman–Crippen MR) is 152 cm³/mol. The van der Waals surface area contributed by atoms with Crippen molar-refractivity contribution in [1.29, 1.82) is 5.26 Å². The Morgan fingerprint density at radius 2 is 1.46 bits per heavy atom. The Balaban J connectivity index is 1.30. The largest absolute Gasteiger partial charge is 0.342 e. The van der Waals surface area contributed by atoms with Crippen molar-refractivity contribution in [2.75, 3.05) is 4.90 Å². The van der Waals surface area contributed by atoms with E-state index in [0.29, 0.717) is 11.1 Å². The van der Waals surface area contributed by atoms with Crippen LogP contribution in [0, 0.1) is 11.3 Å². The molecule has 184 valence electrons. The van der Waals surface area contributed by atoms with E-state index >= 15 is 0 Å². The monoisotopic (exact) mass is 503 g/mol. The number of hydrogen-bond donors (Lipinski definition) is 0. The lowest BCUT2D eigenvalue weighted by Gasteiger charge is -2.27. The molecule has 0 saturated carbocycles. The summed E-state index contributed by atoms with van der Waals surface area (Å²) < 4.78 is 8.21. The Hall–Kier alpha value is -5.18. The van der Waals surface area contributed by atoms with Gasteiger partial charge in [0.15, 0.2) is 6.23 Å². The van der Waals surface area contributed by atoms with E-state index in [0.717, 1.165) is 49.9 Å². The van der Waals surface area contributed by atoms with Crippen molar-refractivity contribution in [1.82, 2.24) is 4.57 Å². The fraction of sp³-hybridized carbons (Fsp3) is 0.0588.